The van der Waals surface area contributed by atoms with Gasteiger partial charge >= 0.3 is 5.97 Å². The number of methoxy groups -OCH3 is 2. The molecule has 0 aliphatic heterocycles. The minimum atomic E-state index is -0.382. The molecule has 0 aliphatic rings. The molecule has 4 nitrogen and oxygen atoms in total. The molecule has 0 N–H and O–H groups in total. The van der Waals surface area contributed by atoms with Crippen LogP contribution >= 0.6 is 27.3 Å². The molecule has 1 aromatic carbocycles. The predicted molar refractivity (Wildman–Crippen MR) is 79.2 cm³/mol. The maximum atomic E-state index is 11.3. The van der Waals surface area contributed by atoms with Crippen molar-refractivity contribution in [2.75, 3.05) is 21.3 Å². The number of ether oxygens (including phenoxy) is 2. The van der Waals surface area contributed by atoms with Crippen LogP contribution in [0.5, 0.6) is 0 Å². The van der Waals surface area contributed by atoms with Gasteiger partial charge in [0.05, 0.1) is 17.6 Å². The number of carbonyl (C=O) groups excluding carboxylic acids is 2. The lowest BCUT2D eigenvalue weighted by Gasteiger charge is -1.98. The van der Waals surface area contributed by atoms with Gasteiger partial charge in [-0.15, -0.1) is 11.3 Å². The first-order valence-electron chi connectivity index (χ1n) is 5.24. The average Bonchev–Trinajstić information content (AvgIpc) is 2.75. The molecule has 102 valence electrons. The van der Waals surface area contributed by atoms with Gasteiger partial charge in [0, 0.05) is 28.8 Å². The van der Waals surface area contributed by atoms with E-state index in [0.29, 0.717) is 10.4 Å². The molecule has 1 aromatic heterocycles. The van der Waals surface area contributed by atoms with Crippen molar-refractivity contribution in [2.45, 2.75) is 0 Å². The third-order valence-corrected chi connectivity index (χ3v) is 4.39. The zero-order valence-corrected chi connectivity index (χ0v) is 13.1. The molecule has 0 spiro atoms. The molecule has 19 heavy (non-hydrogen) atoms. The largest absolute Gasteiger partial charge is 0.465 e. The van der Waals surface area contributed by atoms with Crippen molar-refractivity contribution >= 4 is 49.6 Å². The van der Waals surface area contributed by atoms with E-state index in [2.05, 4.69) is 25.4 Å². The van der Waals surface area contributed by atoms with E-state index in [-0.39, 0.29) is 5.97 Å². The van der Waals surface area contributed by atoms with Gasteiger partial charge in [0.2, 0.25) is 0 Å². The van der Waals surface area contributed by atoms with E-state index in [4.69, 9.17) is 0 Å². The summed E-state index contributed by atoms with van der Waals surface area (Å²) in [7, 11) is 4.59. The highest BCUT2D eigenvalue weighted by molar-refractivity contribution is 9.10. The first-order chi connectivity index (χ1) is 9.08. The molecule has 0 amide bonds. The van der Waals surface area contributed by atoms with Crippen LogP contribution in [0.2, 0.25) is 0 Å². The topological polar surface area (TPSA) is 52.6 Å². The second-order valence-corrected chi connectivity index (χ2v) is 5.39. The number of benzene rings is 1. The first kappa shape index (κ1) is 15.8. The fourth-order valence-electron chi connectivity index (χ4n) is 1.41. The number of esters is 1. The second kappa shape index (κ2) is 7.37. The van der Waals surface area contributed by atoms with Crippen molar-refractivity contribution in [2.24, 2.45) is 0 Å². The Labute approximate surface area is 123 Å². The van der Waals surface area contributed by atoms with E-state index in [0.717, 1.165) is 20.8 Å². The molecule has 6 heteroatoms. The van der Waals surface area contributed by atoms with Crippen LogP contribution < -0.4 is 0 Å². The zero-order chi connectivity index (χ0) is 14.4. The van der Waals surface area contributed by atoms with E-state index < -0.39 is 0 Å². The van der Waals surface area contributed by atoms with Crippen molar-refractivity contribution in [1.29, 1.82) is 0 Å². The SMILES string of the molecule is COC.COC(=O)c1ccc2sc(C=O)c(Br)c2c1. The maximum absolute atomic E-state index is 11.3. The minimum Gasteiger partial charge on any atom is -0.465 e. The first-order valence-corrected chi connectivity index (χ1v) is 6.85. The number of rotatable bonds is 2. The second-order valence-electron chi connectivity index (χ2n) is 3.51. The Bertz CT molecular complexity index is 592. The summed E-state index contributed by atoms with van der Waals surface area (Å²) in [6.45, 7) is 0. The highest BCUT2D eigenvalue weighted by Gasteiger charge is 2.12. The molecule has 2 aromatic rings. The summed E-state index contributed by atoms with van der Waals surface area (Å²) in [5, 5.41) is 0.856. The Morgan fingerprint density at radius 3 is 2.47 bits per heavy atom. The van der Waals surface area contributed by atoms with Crippen LogP contribution in [-0.2, 0) is 9.47 Å². The monoisotopic (exact) mass is 344 g/mol. The van der Waals surface area contributed by atoms with E-state index in [1.807, 2.05) is 6.07 Å². The van der Waals surface area contributed by atoms with Gasteiger partial charge < -0.3 is 9.47 Å². The van der Waals surface area contributed by atoms with Crippen LogP contribution in [0, 0.1) is 0 Å². The molecule has 0 aliphatic carbocycles. The van der Waals surface area contributed by atoms with Gasteiger partial charge in [0.15, 0.2) is 6.29 Å². The number of fused-ring (bicyclic) bond motifs is 1. The zero-order valence-electron chi connectivity index (χ0n) is 10.7. The van der Waals surface area contributed by atoms with Gasteiger partial charge in [-0.1, -0.05) is 0 Å². The summed E-state index contributed by atoms with van der Waals surface area (Å²) < 4.78 is 10.6. The lowest BCUT2D eigenvalue weighted by atomic mass is 10.1. The van der Waals surface area contributed by atoms with Crippen molar-refractivity contribution in [3.8, 4) is 0 Å². The molecule has 0 saturated carbocycles. The number of hydrogen-bond donors (Lipinski definition) is 0. The Morgan fingerprint density at radius 1 is 1.32 bits per heavy atom. The Balaban J connectivity index is 0.000000550. The molecule has 0 unspecified atom stereocenters. The molecule has 0 bridgehead atoms. The highest BCUT2D eigenvalue weighted by Crippen LogP contribution is 2.35. The molecular weight excluding hydrogens is 332 g/mol. The van der Waals surface area contributed by atoms with E-state index in [9.17, 15) is 9.59 Å². The molecule has 0 saturated heterocycles. The predicted octanol–water partition coefficient (Wildman–Crippen LogP) is 3.53. The van der Waals surface area contributed by atoms with Crippen molar-refractivity contribution < 1.29 is 19.1 Å². The fourth-order valence-corrected chi connectivity index (χ4v) is 3.09. The summed E-state index contributed by atoms with van der Waals surface area (Å²) in [5.74, 6) is -0.382. The van der Waals surface area contributed by atoms with Gasteiger partial charge in [-0.2, -0.15) is 0 Å². The lowest BCUT2D eigenvalue weighted by molar-refractivity contribution is 0.0601. The molecule has 2 rings (SSSR count). The van der Waals surface area contributed by atoms with Gasteiger partial charge in [-0.05, 0) is 34.1 Å². The average molecular weight is 345 g/mol. The van der Waals surface area contributed by atoms with Crippen molar-refractivity contribution in [1.82, 2.24) is 0 Å². The summed E-state index contributed by atoms with van der Waals surface area (Å²) in [6, 6.07) is 5.21. The number of halogens is 1. The molecule has 0 atom stereocenters. The van der Waals surface area contributed by atoms with Crippen LogP contribution in [-0.4, -0.2) is 33.6 Å². The van der Waals surface area contributed by atoms with Crippen LogP contribution in [0.3, 0.4) is 0 Å². The molecule has 1 heterocycles. The van der Waals surface area contributed by atoms with Gasteiger partial charge in [0.1, 0.15) is 0 Å². The van der Waals surface area contributed by atoms with Crippen molar-refractivity contribution in [3.63, 3.8) is 0 Å². The summed E-state index contributed by atoms with van der Waals surface area (Å²) in [5.41, 5.74) is 0.478. The van der Waals surface area contributed by atoms with Crippen LogP contribution in [0.4, 0.5) is 0 Å². The number of hydrogen-bond acceptors (Lipinski definition) is 5. The minimum absolute atomic E-state index is 0.382. The molecule has 0 radical (unpaired) electrons. The van der Waals surface area contributed by atoms with E-state index >= 15 is 0 Å². The van der Waals surface area contributed by atoms with Crippen LogP contribution in [0.25, 0.3) is 10.1 Å². The van der Waals surface area contributed by atoms with Gasteiger partial charge in [0.25, 0.3) is 0 Å². The Morgan fingerprint density at radius 2 is 1.95 bits per heavy atom. The molecule has 0 fully saturated rings. The quantitative estimate of drug-likeness (QED) is 0.617. The van der Waals surface area contributed by atoms with E-state index in [1.165, 1.54) is 18.4 Å². The van der Waals surface area contributed by atoms with E-state index in [1.54, 1.807) is 26.4 Å². The van der Waals surface area contributed by atoms with Crippen LogP contribution in [0.15, 0.2) is 22.7 Å². The summed E-state index contributed by atoms with van der Waals surface area (Å²) >= 11 is 4.73. The number of carbonyl (C=O) groups is 2. The highest BCUT2D eigenvalue weighted by atomic mass is 79.9. The van der Waals surface area contributed by atoms with Gasteiger partial charge in [-0.25, -0.2) is 4.79 Å². The summed E-state index contributed by atoms with van der Waals surface area (Å²) in [4.78, 5) is 22.7. The number of aldehydes is 1. The normalized spacial score (nSPS) is 9.68. The lowest BCUT2D eigenvalue weighted by Crippen LogP contribution is -2.00. The number of thiophene rings is 1. The standard InChI is InChI=1S/C11H7BrO3S.C2H6O/c1-15-11(14)6-2-3-8-7(4-6)10(12)9(5-13)16-8;1-3-2/h2-5H,1H3;1-2H3. The third kappa shape index (κ3) is 3.62. The van der Waals surface area contributed by atoms with Crippen LogP contribution in [0.1, 0.15) is 20.0 Å². The Hall–Kier alpha value is -1.24. The third-order valence-electron chi connectivity index (χ3n) is 2.18. The maximum Gasteiger partial charge on any atom is 0.337 e. The Kier molecular flexibility index (Phi) is 6.14. The molecular formula is C13H13BrO4S. The van der Waals surface area contributed by atoms with Crippen molar-refractivity contribution in [3.05, 3.63) is 33.1 Å². The van der Waals surface area contributed by atoms with Gasteiger partial charge in [-0.3, -0.25) is 4.79 Å². The summed E-state index contributed by atoms with van der Waals surface area (Å²) in [6.07, 6.45) is 0.798. The smallest absolute Gasteiger partial charge is 0.337 e. The fraction of sp³-hybridized carbons (Fsp3) is 0.231.